The van der Waals surface area contributed by atoms with E-state index in [1.807, 2.05) is 0 Å². The van der Waals surface area contributed by atoms with Crippen molar-refractivity contribution in [2.45, 2.75) is 11.3 Å². The van der Waals surface area contributed by atoms with Crippen molar-refractivity contribution in [1.29, 1.82) is 0 Å². The standard InChI is InChI=1S/C23H14ClF4NO3S/c1-32-21-11-18(13-6-14(23(27)28)8-15(25)7-13)20(26)10-19(21)22-17-3-2-16(33(24,30)31)9-12(17)4-5-29-22/h2-11,23H,1H3. The summed E-state index contributed by atoms with van der Waals surface area (Å²) in [6.45, 7) is 0. The SMILES string of the molecule is COc1cc(-c2cc(F)cc(C(F)F)c2)c(F)cc1-c1nccc2cc(S(=O)(=O)Cl)ccc12. The van der Waals surface area contributed by atoms with Crippen LogP contribution in [0.3, 0.4) is 0 Å². The van der Waals surface area contributed by atoms with E-state index < -0.39 is 32.7 Å². The van der Waals surface area contributed by atoms with Crippen LogP contribution in [0.15, 0.2) is 65.7 Å². The van der Waals surface area contributed by atoms with Gasteiger partial charge in [0.15, 0.2) is 0 Å². The van der Waals surface area contributed by atoms with E-state index in [-0.39, 0.29) is 27.3 Å². The van der Waals surface area contributed by atoms with Crippen LogP contribution < -0.4 is 4.74 Å². The first-order valence-electron chi connectivity index (χ1n) is 9.39. The van der Waals surface area contributed by atoms with Crippen molar-refractivity contribution in [3.63, 3.8) is 0 Å². The number of halogens is 5. The second-order valence-electron chi connectivity index (χ2n) is 7.09. The summed E-state index contributed by atoms with van der Waals surface area (Å²) in [7, 11) is 2.79. The van der Waals surface area contributed by atoms with Gasteiger partial charge in [-0.3, -0.25) is 4.98 Å². The zero-order chi connectivity index (χ0) is 23.9. The number of nitrogens with zero attached hydrogens (tertiary/aromatic N) is 1. The number of alkyl halides is 2. The smallest absolute Gasteiger partial charge is 0.263 e. The van der Waals surface area contributed by atoms with Crippen LogP contribution in [0.25, 0.3) is 33.2 Å². The molecule has 0 fully saturated rings. The number of benzene rings is 3. The fourth-order valence-electron chi connectivity index (χ4n) is 3.54. The Morgan fingerprint density at radius 1 is 0.970 bits per heavy atom. The molecule has 170 valence electrons. The van der Waals surface area contributed by atoms with E-state index in [1.165, 1.54) is 37.6 Å². The maximum Gasteiger partial charge on any atom is 0.263 e. The predicted octanol–water partition coefficient (Wildman–Crippen LogP) is 6.72. The number of pyridine rings is 1. The van der Waals surface area contributed by atoms with Crippen molar-refractivity contribution in [2.24, 2.45) is 0 Å². The molecular weight excluding hydrogens is 482 g/mol. The number of fused-ring (bicyclic) bond motifs is 1. The summed E-state index contributed by atoms with van der Waals surface area (Å²) < 4.78 is 83.9. The summed E-state index contributed by atoms with van der Waals surface area (Å²) >= 11 is 0. The summed E-state index contributed by atoms with van der Waals surface area (Å²) in [5.41, 5.74) is -0.256. The maximum atomic E-state index is 15.1. The summed E-state index contributed by atoms with van der Waals surface area (Å²) in [4.78, 5) is 4.18. The largest absolute Gasteiger partial charge is 0.496 e. The molecule has 4 rings (SSSR count). The van der Waals surface area contributed by atoms with E-state index in [4.69, 9.17) is 15.4 Å². The fraction of sp³-hybridized carbons (Fsp3) is 0.0870. The minimum absolute atomic E-state index is 0.0736. The van der Waals surface area contributed by atoms with Crippen LogP contribution in [-0.2, 0) is 9.05 Å². The van der Waals surface area contributed by atoms with Crippen LogP contribution in [0.1, 0.15) is 12.0 Å². The molecule has 1 aromatic heterocycles. The third-order valence-corrected chi connectivity index (χ3v) is 6.40. The number of rotatable bonds is 5. The zero-order valence-corrected chi connectivity index (χ0v) is 18.4. The molecule has 10 heteroatoms. The van der Waals surface area contributed by atoms with Crippen molar-refractivity contribution < 1.29 is 30.7 Å². The molecular formula is C23H14ClF4NO3S. The molecule has 1 heterocycles. The molecule has 4 nitrogen and oxygen atoms in total. The quantitative estimate of drug-likeness (QED) is 0.228. The molecule has 0 saturated carbocycles. The molecule has 33 heavy (non-hydrogen) atoms. The number of methoxy groups -OCH3 is 1. The van der Waals surface area contributed by atoms with Gasteiger partial charge in [0.25, 0.3) is 15.5 Å². The Labute approximate surface area is 190 Å². The van der Waals surface area contributed by atoms with Gasteiger partial charge in [-0.25, -0.2) is 26.0 Å². The Balaban J connectivity index is 1.91. The molecule has 0 aliphatic heterocycles. The first kappa shape index (κ1) is 23.0. The number of aromatic nitrogens is 1. The molecule has 0 saturated heterocycles. The monoisotopic (exact) mass is 495 g/mol. The van der Waals surface area contributed by atoms with Crippen molar-refractivity contribution in [3.05, 3.63) is 78.0 Å². The second-order valence-corrected chi connectivity index (χ2v) is 9.65. The van der Waals surface area contributed by atoms with Gasteiger partial charge in [0, 0.05) is 39.0 Å². The average Bonchev–Trinajstić information content (AvgIpc) is 2.77. The molecule has 0 radical (unpaired) electrons. The van der Waals surface area contributed by atoms with Crippen molar-refractivity contribution in [3.8, 4) is 28.1 Å². The zero-order valence-electron chi connectivity index (χ0n) is 16.8. The van der Waals surface area contributed by atoms with Crippen LogP contribution in [0.4, 0.5) is 17.6 Å². The third-order valence-electron chi connectivity index (χ3n) is 5.04. The van der Waals surface area contributed by atoms with Gasteiger partial charge in [-0.05, 0) is 59.5 Å². The molecule has 0 atom stereocenters. The van der Waals surface area contributed by atoms with Gasteiger partial charge < -0.3 is 4.74 Å². The van der Waals surface area contributed by atoms with Gasteiger partial charge in [0.05, 0.1) is 17.7 Å². The van der Waals surface area contributed by atoms with Crippen LogP contribution in [0.5, 0.6) is 5.75 Å². The van der Waals surface area contributed by atoms with E-state index in [9.17, 15) is 21.6 Å². The Morgan fingerprint density at radius 3 is 2.39 bits per heavy atom. The van der Waals surface area contributed by atoms with Crippen LogP contribution in [0, 0.1) is 11.6 Å². The van der Waals surface area contributed by atoms with Gasteiger partial charge in [-0.2, -0.15) is 0 Å². The van der Waals surface area contributed by atoms with Gasteiger partial charge in [-0.15, -0.1) is 0 Å². The van der Waals surface area contributed by atoms with E-state index in [2.05, 4.69) is 4.98 Å². The van der Waals surface area contributed by atoms with E-state index in [0.717, 1.165) is 18.2 Å². The second kappa shape index (κ2) is 8.64. The van der Waals surface area contributed by atoms with Gasteiger partial charge in [0.2, 0.25) is 0 Å². The minimum Gasteiger partial charge on any atom is -0.496 e. The van der Waals surface area contributed by atoms with Crippen LogP contribution in [0.2, 0.25) is 0 Å². The Morgan fingerprint density at radius 2 is 1.73 bits per heavy atom. The molecule has 0 aliphatic rings. The summed E-state index contributed by atoms with van der Waals surface area (Å²) in [5, 5.41) is 0.984. The number of hydrogen-bond acceptors (Lipinski definition) is 4. The lowest BCUT2D eigenvalue weighted by atomic mass is 9.97. The molecule has 0 unspecified atom stereocenters. The van der Waals surface area contributed by atoms with Crippen molar-refractivity contribution >= 4 is 30.5 Å². The normalized spacial score (nSPS) is 11.8. The fourth-order valence-corrected chi connectivity index (χ4v) is 4.33. The van der Waals surface area contributed by atoms with E-state index in [1.54, 1.807) is 6.07 Å². The molecule has 0 bridgehead atoms. The van der Waals surface area contributed by atoms with Gasteiger partial charge in [0.1, 0.15) is 17.4 Å². The molecule has 0 spiro atoms. The summed E-state index contributed by atoms with van der Waals surface area (Å²) in [6.07, 6.45) is -1.51. The van der Waals surface area contributed by atoms with Gasteiger partial charge in [-0.1, -0.05) is 6.07 Å². The molecule has 3 aromatic carbocycles. The molecule has 0 aliphatic carbocycles. The van der Waals surface area contributed by atoms with Crippen molar-refractivity contribution in [1.82, 2.24) is 4.98 Å². The highest BCUT2D eigenvalue weighted by Crippen LogP contribution is 2.39. The lowest BCUT2D eigenvalue weighted by Crippen LogP contribution is -1.97. The molecule has 0 amide bonds. The lowest BCUT2D eigenvalue weighted by molar-refractivity contribution is 0.151. The molecule has 4 aromatic rings. The van der Waals surface area contributed by atoms with E-state index >= 15 is 4.39 Å². The summed E-state index contributed by atoms with van der Waals surface area (Å²) in [6, 6.07) is 10.7. The Hall–Kier alpha value is -3.17. The Kier molecular flexibility index (Phi) is 6.02. The van der Waals surface area contributed by atoms with Crippen LogP contribution in [-0.4, -0.2) is 20.5 Å². The lowest BCUT2D eigenvalue weighted by Gasteiger charge is -2.14. The predicted molar refractivity (Wildman–Crippen MR) is 117 cm³/mol. The first-order chi connectivity index (χ1) is 15.6. The molecule has 0 N–H and O–H groups in total. The topological polar surface area (TPSA) is 56.3 Å². The number of ether oxygens (including phenoxy) is 1. The van der Waals surface area contributed by atoms with E-state index in [0.29, 0.717) is 22.5 Å². The highest BCUT2D eigenvalue weighted by atomic mass is 35.7. The minimum atomic E-state index is -3.96. The average molecular weight is 496 g/mol. The maximum absolute atomic E-state index is 15.1. The first-order valence-corrected chi connectivity index (χ1v) is 11.7. The third kappa shape index (κ3) is 4.51. The number of hydrogen-bond donors (Lipinski definition) is 0. The highest BCUT2D eigenvalue weighted by Gasteiger charge is 2.19. The van der Waals surface area contributed by atoms with Crippen molar-refractivity contribution in [2.75, 3.05) is 7.11 Å². The van der Waals surface area contributed by atoms with Gasteiger partial charge >= 0.3 is 0 Å². The highest BCUT2D eigenvalue weighted by molar-refractivity contribution is 8.13. The Bertz CT molecular complexity index is 1490. The summed E-state index contributed by atoms with van der Waals surface area (Å²) in [5.74, 6) is -1.58. The van der Waals surface area contributed by atoms with Crippen LogP contribution >= 0.6 is 10.7 Å².